The zero-order chi connectivity index (χ0) is 25.7. The number of piperidine rings is 1. The van der Waals surface area contributed by atoms with Crippen LogP contribution < -0.4 is 14.8 Å². The lowest BCUT2D eigenvalue weighted by Crippen LogP contribution is -2.54. The Morgan fingerprint density at radius 1 is 1.25 bits per heavy atom. The molecule has 1 aromatic heterocycles. The highest BCUT2D eigenvalue weighted by Gasteiger charge is 2.31. The minimum Gasteiger partial charge on any atom is -0.472 e. The first kappa shape index (κ1) is 26.5. The monoisotopic (exact) mass is 522 g/mol. The average Bonchev–Trinajstić information content (AvgIpc) is 2.90. The summed E-state index contributed by atoms with van der Waals surface area (Å²) in [7, 11) is 3.14. The number of nitrogens with one attached hydrogen (secondary N) is 1. The summed E-state index contributed by atoms with van der Waals surface area (Å²) >= 11 is 5.75. The number of benzene rings is 1. The van der Waals surface area contributed by atoms with Gasteiger partial charge in [0.1, 0.15) is 18.1 Å². The van der Waals surface area contributed by atoms with Gasteiger partial charge in [-0.1, -0.05) is 17.7 Å². The molecule has 1 aromatic carbocycles. The van der Waals surface area contributed by atoms with Gasteiger partial charge in [0.25, 0.3) is 5.91 Å². The van der Waals surface area contributed by atoms with Crippen molar-refractivity contribution in [3.05, 3.63) is 45.9 Å². The van der Waals surface area contributed by atoms with Gasteiger partial charge in [-0.15, -0.1) is 0 Å². The third kappa shape index (κ3) is 6.23. The standard InChI is InChI=1S/C25H32ClFN4O5/c1-15-22(29-25(34-3)30-23(15)36-13-16-4-5-18(26)19(27)12-16)24(32)31-9-6-17(7-10-31)28-20-8-11-35-14-21(20)33-2/h4-5,12,17,20-21,28H,6-11,13-14H2,1-3H3. The summed E-state index contributed by atoms with van der Waals surface area (Å²) in [6.45, 7) is 4.30. The Balaban J connectivity index is 1.40. The lowest BCUT2D eigenvalue weighted by molar-refractivity contribution is -0.0533. The van der Waals surface area contributed by atoms with E-state index in [0.29, 0.717) is 36.9 Å². The topological polar surface area (TPSA) is 95.0 Å². The van der Waals surface area contributed by atoms with Crippen molar-refractivity contribution < 1.29 is 28.1 Å². The van der Waals surface area contributed by atoms with Gasteiger partial charge < -0.3 is 29.2 Å². The van der Waals surface area contributed by atoms with Crippen molar-refractivity contribution in [2.45, 2.75) is 51.0 Å². The van der Waals surface area contributed by atoms with Crippen molar-refractivity contribution in [1.29, 1.82) is 0 Å². The molecule has 0 aliphatic carbocycles. The fourth-order valence-electron chi connectivity index (χ4n) is 4.53. The summed E-state index contributed by atoms with van der Waals surface area (Å²) in [5, 5.41) is 3.73. The summed E-state index contributed by atoms with van der Waals surface area (Å²) in [6.07, 6.45) is 2.60. The predicted octanol–water partition coefficient (Wildman–Crippen LogP) is 3.16. The maximum absolute atomic E-state index is 13.8. The number of aromatic nitrogens is 2. The van der Waals surface area contributed by atoms with E-state index < -0.39 is 5.82 Å². The van der Waals surface area contributed by atoms with E-state index in [1.807, 2.05) is 0 Å². The van der Waals surface area contributed by atoms with Crippen LogP contribution in [0.3, 0.4) is 0 Å². The Kier molecular flexibility index (Phi) is 8.95. The average molecular weight is 523 g/mol. The van der Waals surface area contributed by atoms with Crippen LogP contribution in [0.25, 0.3) is 0 Å². The smallest absolute Gasteiger partial charge is 0.320 e. The molecule has 2 atom stereocenters. The second-order valence-electron chi connectivity index (χ2n) is 9.00. The lowest BCUT2D eigenvalue weighted by Gasteiger charge is -2.38. The van der Waals surface area contributed by atoms with Gasteiger partial charge in [-0.2, -0.15) is 9.97 Å². The Hall–Kier alpha value is -2.53. The summed E-state index contributed by atoms with van der Waals surface area (Å²) < 4.78 is 35.9. The minimum atomic E-state index is -0.530. The molecule has 0 radical (unpaired) electrons. The van der Waals surface area contributed by atoms with Crippen LogP contribution >= 0.6 is 11.6 Å². The Bertz CT molecular complexity index is 1070. The van der Waals surface area contributed by atoms with Crippen molar-refractivity contribution in [3.8, 4) is 11.9 Å². The van der Waals surface area contributed by atoms with Crippen molar-refractivity contribution in [2.75, 3.05) is 40.5 Å². The molecule has 11 heteroatoms. The van der Waals surface area contributed by atoms with Crippen LogP contribution in [0, 0.1) is 12.7 Å². The first-order valence-electron chi connectivity index (χ1n) is 12.0. The van der Waals surface area contributed by atoms with Gasteiger partial charge in [0.15, 0.2) is 0 Å². The van der Waals surface area contributed by atoms with Gasteiger partial charge >= 0.3 is 6.01 Å². The highest BCUT2D eigenvalue weighted by Crippen LogP contribution is 2.25. The number of carbonyl (C=O) groups is 1. The molecule has 2 unspecified atom stereocenters. The number of hydrogen-bond donors (Lipinski definition) is 1. The van der Waals surface area contributed by atoms with E-state index >= 15 is 0 Å². The highest BCUT2D eigenvalue weighted by molar-refractivity contribution is 6.30. The molecule has 1 N–H and O–H groups in total. The van der Waals surface area contributed by atoms with E-state index in [0.717, 1.165) is 25.9 Å². The maximum Gasteiger partial charge on any atom is 0.320 e. The quantitative estimate of drug-likeness (QED) is 0.565. The molecule has 0 saturated carbocycles. The Morgan fingerprint density at radius 3 is 2.72 bits per heavy atom. The zero-order valence-corrected chi connectivity index (χ0v) is 21.5. The van der Waals surface area contributed by atoms with E-state index in [9.17, 15) is 9.18 Å². The molecule has 9 nitrogen and oxygen atoms in total. The molecule has 0 bridgehead atoms. The maximum atomic E-state index is 13.8. The SMILES string of the molecule is COc1nc(OCc2ccc(Cl)c(F)c2)c(C)c(C(=O)N2CCC(NC3CCOCC3OC)CC2)n1. The van der Waals surface area contributed by atoms with Crippen molar-refractivity contribution in [1.82, 2.24) is 20.2 Å². The number of amides is 1. The highest BCUT2D eigenvalue weighted by atomic mass is 35.5. The third-order valence-electron chi connectivity index (χ3n) is 6.66. The second-order valence-corrected chi connectivity index (χ2v) is 9.41. The molecule has 2 aromatic rings. The summed E-state index contributed by atoms with van der Waals surface area (Å²) in [4.78, 5) is 23.8. The van der Waals surface area contributed by atoms with Gasteiger partial charge in [0.05, 0.1) is 24.8 Å². The number of ether oxygens (including phenoxy) is 4. The number of nitrogens with zero attached hydrogens (tertiary/aromatic N) is 3. The van der Waals surface area contributed by atoms with Crippen molar-refractivity contribution in [3.63, 3.8) is 0 Å². The summed E-state index contributed by atoms with van der Waals surface area (Å²) in [6, 6.07) is 5.01. The van der Waals surface area contributed by atoms with Crippen molar-refractivity contribution in [2.24, 2.45) is 0 Å². The molecule has 2 fully saturated rings. The first-order valence-corrected chi connectivity index (χ1v) is 12.4. The minimum absolute atomic E-state index is 0.0305. The van der Waals surface area contributed by atoms with Crippen LogP contribution in [0.15, 0.2) is 18.2 Å². The summed E-state index contributed by atoms with van der Waals surface area (Å²) in [5.74, 6) is -0.518. The number of halogens is 2. The Morgan fingerprint density at radius 2 is 2.03 bits per heavy atom. The molecule has 2 saturated heterocycles. The molecule has 0 spiro atoms. The number of methoxy groups -OCH3 is 2. The lowest BCUT2D eigenvalue weighted by atomic mass is 9.99. The second kappa shape index (κ2) is 12.1. The van der Waals surface area contributed by atoms with Gasteiger partial charge in [-0.05, 0) is 43.9 Å². The molecule has 196 valence electrons. The molecule has 2 aliphatic rings. The molecule has 2 aliphatic heterocycles. The zero-order valence-electron chi connectivity index (χ0n) is 20.8. The normalized spacial score (nSPS) is 20.9. The van der Waals surface area contributed by atoms with Crippen LogP contribution in [-0.2, 0) is 16.1 Å². The van der Waals surface area contributed by atoms with E-state index in [-0.39, 0.29) is 47.3 Å². The number of likely N-dealkylation sites (tertiary alicyclic amines) is 1. The fraction of sp³-hybridized carbons (Fsp3) is 0.560. The van der Waals surface area contributed by atoms with Crippen molar-refractivity contribution >= 4 is 17.5 Å². The van der Waals surface area contributed by atoms with Crippen LogP contribution in [0.4, 0.5) is 4.39 Å². The van der Waals surface area contributed by atoms with Crippen LogP contribution in [-0.4, -0.2) is 79.5 Å². The molecular formula is C25H32ClFN4O5. The van der Waals surface area contributed by atoms with E-state index in [1.165, 1.54) is 19.2 Å². The summed E-state index contributed by atoms with van der Waals surface area (Å²) in [5.41, 5.74) is 1.31. The number of carbonyl (C=O) groups excluding carboxylic acids is 1. The number of hydrogen-bond acceptors (Lipinski definition) is 8. The van der Waals surface area contributed by atoms with Gasteiger partial charge in [0, 0.05) is 44.5 Å². The molecule has 3 heterocycles. The molecule has 36 heavy (non-hydrogen) atoms. The van der Waals surface area contributed by atoms with E-state index in [4.69, 9.17) is 30.5 Å². The first-order chi connectivity index (χ1) is 17.4. The Labute approximate surface area is 215 Å². The van der Waals surface area contributed by atoms with Gasteiger partial charge in [-0.25, -0.2) is 4.39 Å². The number of rotatable bonds is 8. The largest absolute Gasteiger partial charge is 0.472 e. The molecule has 1 amide bonds. The van der Waals surface area contributed by atoms with E-state index in [1.54, 1.807) is 25.0 Å². The molecule has 4 rings (SSSR count). The van der Waals surface area contributed by atoms with Crippen LogP contribution in [0.2, 0.25) is 5.02 Å². The van der Waals surface area contributed by atoms with Crippen LogP contribution in [0.5, 0.6) is 11.9 Å². The van der Waals surface area contributed by atoms with E-state index in [2.05, 4.69) is 15.3 Å². The van der Waals surface area contributed by atoms with Gasteiger partial charge in [-0.3, -0.25) is 4.79 Å². The third-order valence-corrected chi connectivity index (χ3v) is 6.97. The predicted molar refractivity (Wildman–Crippen MR) is 131 cm³/mol. The van der Waals surface area contributed by atoms with Crippen LogP contribution in [0.1, 0.15) is 40.9 Å². The fourth-order valence-corrected chi connectivity index (χ4v) is 4.65. The molecular weight excluding hydrogens is 491 g/mol. The van der Waals surface area contributed by atoms with Gasteiger partial charge in [0.2, 0.25) is 5.88 Å².